The van der Waals surface area contributed by atoms with Crippen LogP contribution in [0.2, 0.25) is 0 Å². The Labute approximate surface area is 143 Å². The number of likely N-dealkylation sites (tertiary alicyclic amines) is 1. The van der Waals surface area contributed by atoms with Crippen molar-refractivity contribution in [2.24, 2.45) is 0 Å². The van der Waals surface area contributed by atoms with Gasteiger partial charge in [0.05, 0.1) is 5.25 Å². The van der Waals surface area contributed by atoms with E-state index >= 15 is 0 Å². The molecule has 1 aromatic rings. The van der Waals surface area contributed by atoms with Gasteiger partial charge in [-0.2, -0.15) is 0 Å². The average Bonchev–Trinajstić information content (AvgIpc) is 3.24. The minimum atomic E-state index is -3.20. The van der Waals surface area contributed by atoms with Gasteiger partial charge in [0.2, 0.25) is 10.0 Å². The minimum absolute atomic E-state index is 0.0788. The second-order valence-electron chi connectivity index (χ2n) is 7.32. The first-order chi connectivity index (χ1) is 11.5. The molecule has 2 aliphatic heterocycles. The van der Waals surface area contributed by atoms with E-state index in [1.54, 1.807) is 0 Å². The van der Waals surface area contributed by atoms with Gasteiger partial charge in [0.15, 0.2) is 0 Å². The minimum Gasteiger partial charge on any atom is -0.466 e. The molecule has 0 aromatic carbocycles. The number of hydrogen-bond donors (Lipinski definition) is 1. The lowest BCUT2D eigenvalue weighted by Crippen LogP contribution is -2.43. The number of nitrogens with one attached hydrogen (secondary N) is 1. The first kappa shape index (κ1) is 16.6. The summed E-state index contributed by atoms with van der Waals surface area (Å²) in [6.07, 6.45) is 3.62. The van der Waals surface area contributed by atoms with Crippen molar-refractivity contribution in [3.05, 3.63) is 23.7 Å². The monoisotopic (exact) mass is 354 g/mol. The Kier molecular flexibility index (Phi) is 4.45. The fraction of sp³-hybridized carbons (Fsp3) is 0.765. The quantitative estimate of drug-likeness (QED) is 0.870. The molecule has 0 bridgehead atoms. The highest BCUT2D eigenvalue weighted by atomic mass is 32.2. The lowest BCUT2D eigenvalue weighted by atomic mass is 10.0. The van der Waals surface area contributed by atoms with Gasteiger partial charge in [-0.3, -0.25) is 4.90 Å². The molecule has 2 saturated heterocycles. The fourth-order valence-corrected chi connectivity index (χ4v) is 5.54. The largest absolute Gasteiger partial charge is 0.466 e. The highest BCUT2D eigenvalue weighted by Crippen LogP contribution is 2.34. The molecule has 1 aromatic heterocycles. The second-order valence-corrected chi connectivity index (χ2v) is 9.31. The number of sulfonamides is 1. The zero-order chi connectivity index (χ0) is 16.7. The number of furan rings is 1. The van der Waals surface area contributed by atoms with Crippen LogP contribution in [0.3, 0.4) is 0 Å². The van der Waals surface area contributed by atoms with Crippen molar-refractivity contribution in [2.75, 3.05) is 26.3 Å². The molecule has 0 unspecified atom stereocenters. The zero-order valence-corrected chi connectivity index (χ0v) is 14.9. The van der Waals surface area contributed by atoms with Gasteiger partial charge >= 0.3 is 0 Å². The first-order valence-corrected chi connectivity index (χ1v) is 10.5. The summed E-state index contributed by atoms with van der Waals surface area (Å²) in [5.74, 6) is 1.85. The van der Waals surface area contributed by atoms with Gasteiger partial charge in [0.1, 0.15) is 11.5 Å². The maximum atomic E-state index is 12.4. The summed E-state index contributed by atoms with van der Waals surface area (Å²) in [4.78, 5) is 2.42. The van der Waals surface area contributed by atoms with Crippen LogP contribution in [-0.4, -0.2) is 57.0 Å². The number of hydrogen-bond acceptors (Lipinski definition) is 5. The van der Waals surface area contributed by atoms with Gasteiger partial charge in [0.25, 0.3) is 0 Å². The van der Waals surface area contributed by atoms with Crippen LogP contribution >= 0.6 is 0 Å². The van der Waals surface area contributed by atoms with E-state index < -0.39 is 10.0 Å². The third kappa shape index (κ3) is 3.40. The van der Waals surface area contributed by atoms with Crippen LogP contribution in [0.4, 0.5) is 0 Å². The smallest absolute Gasteiger partial charge is 0.214 e. The first-order valence-electron chi connectivity index (χ1n) is 8.92. The van der Waals surface area contributed by atoms with E-state index in [1.807, 2.05) is 19.1 Å². The lowest BCUT2D eigenvalue weighted by Gasteiger charge is -2.31. The molecule has 4 rings (SSSR count). The third-order valence-corrected chi connectivity index (χ3v) is 7.44. The molecule has 6 nitrogen and oxygen atoms in total. The van der Waals surface area contributed by atoms with Crippen molar-refractivity contribution < 1.29 is 17.6 Å². The van der Waals surface area contributed by atoms with Gasteiger partial charge in [0, 0.05) is 44.3 Å². The Balaban J connectivity index is 1.53. The highest BCUT2D eigenvalue weighted by Gasteiger charge is 2.44. The molecule has 3 aliphatic rings. The van der Waals surface area contributed by atoms with Crippen LogP contribution < -0.4 is 4.72 Å². The normalized spacial score (nSPS) is 30.0. The van der Waals surface area contributed by atoms with Crippen LogP contribution in [0, 0.1) is 6.92 Å². The topological polar surface area (TPSA) is 71.8 Å². The summed E-state index contributed by atoms with van der Waals surface area (Å²) in [5.41, 5.74) is 0. The Hall–Kier alpha value is -0.890. The molecule has 0 spiro atoms. The summed E-state index contributed by atoms with van der Waals surface area (Å²) in [6, 6.07) is 4.32. The summed E-state index contributed by atoms with van der Waals surface area (Å²) in [7, 11) is -3.20. The Morgan fingerprint density at radius 1 is 1.12 bits per heavy atom. The summed E-state index contributed by atoms with van der Waals surface area (Å²) >= 11 is 0. The van der Waals surface area contributed by atoms with E-state index in [0.717, 1.165) is 63.5 Å². The molecule has 0 amide bonds. The summed E-state index contributed by atoms with van der Waals surface area (Å²) in [5, 5.41) is -0.186. The summed E-state index contributed by atoms with van der Waals surface area (Å²) < 4.78 is 39.2. The van der Waals surface area contributed by atoms with Gasteiger partial charge in [-0.1, -0.05) is 0 Å². The van der Waals surface area contributed by atoms with Crippen molar-refractivity contribution in [2.45, 2.75) is 55.9 Å². The maximum absolute atomic E-state index is 12.4. The van der Waals surface area contributed by atoms with E-state index in [9.17, 15) is 8.42 Å². The van der Waals surface area contributed by atoms with Crippen molar-refractivity contribution in [1.29, 1.82) is 0 Å². The zero-order valence-electron chi connectivity index (χ0n) is 14.1. The number of ether oxygens (including phenoxy) is 1. The predicted molar refractivity (Wildman–Crippen MR) is 90.5 cm³/mol. The SMILES string of the molecule is Cc1ccc([C@@H]2CN(C3CCOCC3)C[C@H]2NS(=O)(=O)C2CC2)o1. The lowest BCUT2D eigenvalue weighted by molar-refractivity contribution is 0.0413. The molecule has 0 radical (unpaired) electrons. The molecular formula is C17H26N2O4S. The van der Waals surface area contributed by atoms with Crippen LogP contribution in [0.25, 0.3) is 0 Å². The fourth-order valence-electron chi connectivity index (χ4n) is 3.93. The predicted octanol–water partition coefficient (Wildman–Crippen LogP) is 1.62. The molecule has 1 N–H and O–H groups in total. The number of aryl methyl sites for hydroxylation is 1. The van der Waals surface area contributed by atoms with E-state index in [1.165, 1.54) is 0 Å². The van der Waals surface area contributed by atoms with E-state index in [2.05, 4.69) is 9.62 Å². The Bertz CT molecular complexity index is 677. The van der Waals surface area contributed by atoms with E-state index in [-0.39, 0.29) is 17.2 Å². The van der Waals surface area contributed by atoms with Crippen LogP contribution in [0.5, 0.6) is 0 Å². The van der Waals surface area contributed by atoms with E-state index in [0.29, 0.717) is 6.04 Å². The van der Waals surface area contributed by atoms with E-state index in [4.69, 9.17) is 9.15 Å². The molecule has 24 heavy (non-hydrogen) atoms. The third-order valence-electron chi connectivity index (χ3n) is 5.46. The highest BCUT2D eigenvalue weighted by molar-refractivity contribution is 7.90. The van der Waals surface area contributed by atoms with Crippen molar-refractivity contribution in [3.8, 4) is 0 Å². The average molecular weight is 354 g/mol. The Morgan fingerprint density at radius 2 is 1.88 bits per heavy atom. The van der Waals surface area contributed by atoms with Crippen LogP contribution in [0.1, 0.15) is 43.1 Å². The van der Waals surface area contributed by atoms with Crippen LogP contribution in [-0.2, 0) is 14.8 Å². The summed E-state index contributed by atoms with van der Waals surface area (Å²) in [6.45, 7) is 5.11. The molecule has 2 atom stereocenters. The molecule has 1 saturated carbocycles. The standard InChI is InChI=1S/C17H26N2O4S/c1-12-2-5-17(23-12)15-10-19(13-6-8-22-9-7-13)11-16(15)18-24(20,21)14-3-4-14/h2,5,13-16,18H,3-4,6-11H2,1H3/t15-,16-/m1/s1. The molecule has 3 heterocycles. The van der Waals surface area contributed by atoms with Gasteiger partial charge in [-0.15, -0.1) is 0 Å². The Morgan fingerprint density at radius 3 is 2.50 bits per heavy atom. The van der Waals surface area contributed by atoms with Crippen molar-refractivity contribution >= 4 is 10.0 Å². The van der Waals surface area contributed by atoms with Gasteiger partial charge in [-0.05, 0) is 44.7 Å². The van der Waals surface area contributed by atoms with Crippen LogP contribution in [0.15, 0.2) is 16.5 Å². The van der Waals surface area contributed by atoms with Gasteiger partial charge in [-0.25, -0.2) is 13.1 Å². The second kappa shape index (κ2) is 6.44. The van der Waals surface area contributed by atoms with Gasteiger partial charge < -0.3 is 9.15 Å². The maximum Gasteiger partial charge on any atom is 0.214 e. The number of nitrogens with zero attached hydrogens (tertiary/aromatic N) is 1. The van der Waals surface area contributed by atoms with Crippen molar-refractivity contribution in [1.82, 2.24) is 9.62 Å². The molecule has 1 aliphatic carbocycles. The number of rotatable bonds is 5. The molecular weight excluding hydrogens is 328 g/mol. The molecule has 134 valence electrons. The molecule has 3 fully saturated rings. The molecule has 7 heteroatoms. The van der Waals surface area contributed by atoms with Crippen molar-refractivity contribution in [3.63, 3.8) is 0 Å².